The minimum Gasteiger partial charge on any atom is -0.481 e. The Morgan fingerprint density at radius 2 is 1.80 bits per heavy atom. The Kier molecular flexibility index (Phi) is 9.82. The number of rotatable bonds is 2. The molecule has 0 bridgehead atoms. The summed E-state index contributed by atoms with van der Waals surface area (Å²) in [6, 6.07) is 0. The summed E-state index contributed by atoms with van der Waals surface area (Å²) in [7, 11) is 0. The molecular weight excluding hydrogens is 300 g/mol. The standard InChI is InChI=1S/C6H12O2.CH3.W/c1-4-6(2,3)5(7)8;;/h4H2,1-3H3,(H,7,8);1H3;/q;-1;. The molecule has 0 aromatic rings. The Balaban J connectivity index is -0.000000245. The molecule has 0 aliphatic heterocycles. The molecule has 0 amide bonds. The van der Waals surface area contributed by atoms with Gasteiger partial charge in [0.05, 0.1) is 5.41 Å². The summed E-state index contributed by atoms with van der Waals surface area (Å²) < 4.78 is 0. The van der Waals surface area contributed by atoms with Gasteiger partial charge in [0.2, 0.25) is 0 Å². The molecule has 1 N–H and O–H groups in total. The third-order valence-corrected chi connectivity index (χ3v) is 1.46. The van der Waals surface area contributed by atoms with Crippen molar-refractivity contribution in [3.8, 4) is 0 Å². The zero-order valence-electron chi connectivity index (χ0n) is 6.97. The Hall–Kier alpha value is 0.158. The second-order valence-corrected chi connectivity index (χ2v) is 2.54. The maximum absolute atomic E-state index is 10.3. The van der Waals surface area contributed by atoms with Crippen LogP contribution in [0.4, 0.5) is 0 Å². The van der Waals surface area contributed by atoms with E-state index in [2.05, 4.69) is 0 Å². The van der Waals surface area contributed by atoms with Gasteiger partial charge in [0.1, 0.15) is 0 Å². The molecule has 0 saturated carbocycles. The van der Waals surface area contributed by atoms with Crippen molar-refractivity contribution in [2.24, 2.45) is 5.41 Å². The van der Waals surface area contributed by atoms with Crippen LogP contribution in [0.15, 0.2) is 0 Å². The van der Waals surface area contributed by atoms with E-state index in [0.29, 0.717) is 6.42 Å². The summed E-state index contributed by atoms with van der Waals surface area (Å²) in [6.45, 7) is 5.30. The zero-order chi connectivity index (χ0) is 6.78. The van der Waals surface area contributed by atoms with Gasteiger partial charge in [-0.05, 0) is 20.3 Å². The number of hydrogen-bond acceptors (Lipinski definition) is 1. The fourth-order valence-corrected chi connectivity index (χ4v) is 0.151. The van der Waals surface area contributed by atoms with Crippen molar-refractivity contribution < 1.29 is 31.0 Å². The van der Waals surface area contributed by atoms with E-state index >= 15 is 0 Å². The molecule has 0 heterocycles. The third kappa shape index (κ3) is 4.98. The number of hydrogen-bond donors (Lipinski definition) is 1. The summed E-state index contributed by atoms with van der Waals surface area (Å²) in [5.74, 6) is -0.722. The molecule has 0 fully saturated rings. The predicted octanol–water partition coefficient (Wildman–Crippen LogP) is 1.95. The molecule has 0 aliphatic rings. The van der Waals surface area contributed by atoms with Crippen LogP contribution >= 0.6 is 0 Å². The Morgan fingerprint density at radius 1 is 1.50 bits per heavy atom. The van der Waals surface area contributed by atoms with Crippen LogP contribution in [0.2, 0.25) is 0 Å². The van der Waals surface area contributed by atoms with Crippen molar-refractivity contribution in [2.75, 3.05) is 0 Å². The average molecular weight is 315 g/mol. The Labute approximate surface area is 77.3 Å². The molecule has 0 spiro atoms. The topological polar surface area (TPSA) is 37.3 Å². The van der Waals surface area contributed by atoms with Gasteiger partial charge in [0.15, 0.2) is 0 Å². The third-order valence-electron chi connectivity index (χ3n) is 1.46. The SMILES string of the molecule is CCC(C)(C)C(=O)O.[CH3-].[W]. The molecular formula is C7H15O2W-. The van der Waals surface area contributed by atoms with Crippen LogP contribution in [0.1, 0.15) is 27.2 Å². The van der Waals surface area contributed by atoms with Crippen LogP contribution in [0.3, 0.4) is 0 Å². The average Bonchev–Trinajstić information content (AvgIpc) is 1.67. The molecule has 0 unspecified atom stereocenters. The first-order valence-corrected chi connectivity index (χ1v) is 2.74. The van der Waals surface area contributed by atoms with E-state index in [-0.39, 0.29) is 28.5 Å². The van der Waals surface area contributed by atoms with Gasteiger partial charge >= 0.3 is 5.97 Å². The normalized spacial score (nSPS) is 9.10. The monoisotopic (exact) mass is 315 g/mol. The van der Waals surface area contributed by atoms with E-state index in [1.807, 2.05) is 6.92 Å². The Morgan fingerprint density at radius 3 is 1.80 bits per heavy atom. The molecule has 2 nitrogen and oxygen atoms in total. The molecule has 10 heavy (non-hydrogen) atoms. The number of carbonyl (C=O) groups is 1. The summed E-state index contributed by atoms with van der Waals surface area (Å²) in [4.78, 5) is 10.3. The van der Waals surface area contributed by atoms with E-state index < -0.39 is 11.4 Å². The molecule has 0 aromatic heterocycles. The van der Waals surface area contributed by atoms with Gasteiger partial charge < -0.3 is 12.5 Å². The first kappa shape index (κ1) is 16.6. The Bertz CT molecular complexity index is 99.8. The zero-order valence-corrected chi connectivity index (χ0v) is 9.90. The summed E-state index contributed by atoms with van der Waals surface area (Å²) in [5.41, 5.74) is -0.542. The maximum atomic E-state index is 10.3. The van der Waals surface area contributed by atoms with Crippen molar-refractivity contribution in [3.63, 3.8) is 0 Å². The van der Waals surface area contributed by atoms with Crippen molar-refractivity contribution in [3.05, 3.63) is 7.43 Å². The number of carboxylic acid groups (broad SMARTS) is 1. The van der Waals surface area contributed by atoms with Crippen LogP contribution < -0.4 is 0 Å². The van der Waals surface area contributed by atoms with Gasteiger partial charge in [0, 0.05) is 21.1 Å². The van der Waals surface area contributed by atoms with Gasteiger partial charge in [-0.1, -0.05) is 6.92 Å². The second-order valence-electron chi connectivity index (χ2n) is 2.54. The van der Waals surface area contributed by atoms with E-state index in [1.165, 1.54) is 0 Å². The summed E-state index contributed by atoms with van der Waals surface area (Å²) in [6.07, 6.45) is 0.683. The first-order valence-electron chi connectivity index (χ1n) is 2.74. The van der Waals surface area contributed by atoms with Crippen molar-refractivity contribution in [1.82, 2.24) is 0 Å². The molecule has 0 atom stereocenters. The van der Waals surface area contributed by atoms with Crippen molar-refractivity contribution >= 4 is 5.97 Å². The molecule has 0 rings (SSSR count). The largest absolute Gasteiger partial charge is 0.481 e. The molecule has 3 heteroatoms. The van der Waals surface area contributed by atoms with Crippen LogP contribution in [-0.2, 0) is 25.9 Å². The van der Waals surface area contributed by atoms with Gasteiger partial charge in [-0.15, -0.1) is 0 Å². The van der Waals surface area contributed by atoms with Crippen LogP contribution in [0.5, 0.6) is 0 Å². The second kappa shape index (κ2) is 5.91. The van der Waals surface area contributed by atoms with Crippen molar-refractivity contribution in [2.45, 2.75) is 27.2 Å². The summed E-state index contributed by atoms with van der Waals surface area (Å²) in [5, 5.41) is 8.44. The predicted molar refractivity (Wildman–Crippen MR) is 38.1 cm³/mol. The molecule has 0 aromatic carbocycles. The van der Waals surface area contributed by atoms with Gasteiger partial charge in [0.25, 0.3) is 0 Å². The maximum Gasteiger partial charge on any atom is 0.309 e. The van der Waals surface area contributed by atoms with Crippen LogP contribution in [-0.4, -0.2) is 11.1 Å². The van der Waals surface area contributed by atoms with E-state index in [4.69, 9.17) is 5.11 Å². The molecule has 0 saturated heterocycles. The quantitative estimate of drug-likeness (QED) is 0.791. The van der Waals surface area contributed by atoms with Gasteiger partial charge in [-0.2, -0.15) is 0 Å². The molecule has 62 valence electrons. The fourth-order valence-electron chi connectivity index (χ4n) is 0.151. The number of carboxylic acids is 1. The first-order chi connectivity index (χ1) is 3.50. The van der Waals surface area contributed by atoms with Crippen molar-refractivity contribution in [1.29, 1.82) is 0 Å². The smallest absolute Gasteiger partial charge is 0.309 e. The van der Waals surface area contributed by atoms with E-state index in [1.54, 1.807) is 13.8 Å². The minimum absolute atomic E-state index is 0. The van der Waals surface area contributed by atoms with Crippen LogP contribution in [0, 0.1) is 12.8 Å². The van der Waals surface area contributed by atoms with Gasteiger partial charge in [-0.3, -0.25) is 4.79 Å². The summed E-state index contributed by atoms with van der Waals surface area (Å²) >= 11 is 0. The van der Waals surface area contributed by atoms with Gasteiger partial charge in [-0.25, -0.2) is 0 Å². The molecule has 0 radical (unpaired) electrons. The minimum atomic E-state index is -0.722. The molecule has 0 aliphatic carbocycles. The van der Waals surface area contributed by atoms with Crippen LogP contribution in [0.25, 0.3) is 0 Å². The fraction of sp³-hybridized carbons (Fsp3) is 0.714. The van der Waals surface area contributed by atoms with E-state index in [9.17, 15) is 4.79 Å². The van der Waals surface area contributed by atoms with E-state index in [0.717, 1.165) is 0 Å². The number of aliphatic carboxylic acids is 1.